The summed E-state index contributed by atoms with van der Waals surface area (Å²) in [5.74, 6) is 0.198. The molecule has 3 aromatic rings. The number of fused-ring (bicyclic) bond motifs is 1. The zero-order valence-electron chi connectivity index (χ0n) is 15.8. The number of anilines is 1. The van der Waals surface area contributed by atoms with Gasteiger partial charge in [-0.15, -0.1) is 11.3 Å². The quantitative estimate of drug-likeness (QED) is 0.668. The summed E-state index contributed by atoms with van der Waals surface area (Å²) in [7, 11) is 0. The van der Waals surface area contributed by atoms with Gasteiger partial charge in [-0.3, -0.25) is 14.9 Å². The van der Waals surface area contributed by atoms with Gasteiger partial charge in [0.25, 0.3) is 5.91 Å². The number of carbonyl (C=O) groups excluding carboxylic acids is 2. The molecule has 5 rings (SSSR count). The van der Waals surface area contributed by atoms with Gasteiger partial charge in [-0.2, -0.15) is 0 Å². The van der Waals surface area contributed by atoms with Crippen LogP contribution in [0.5, 0.6) is 0 Å². The van der Waals surface area contributed by atoms with Gasteiger partial charge >= 0.3 is 0 Å². The van der Waals surface area contributed by atoms with Crippen molar-refractivity contribution in [2.24, 2.45) is 0 Å². The van der Waals surface area contributed by atoms with Crippen LogP contribution in [0.1, 0.15) is 51.7 Å². The predicted octanol–water partition coefficient (Wildman–Crippen LogP) is 4.45. The van der Waals surface area contributed by atoms with Gasteiger partial charge < -0.3 is 9.32 Å². The lowest BCUT2D eigenvalue weighted by Crippen LogP contribution is -2.46. The number of hydrogen-bond acceptors (Lipinski definition) is 6. The van der Waals surface area contributed by atoms with E-state index in [2.05, 4.69) is 21.7 Å². The van der Waals surface area contributed by atoms with E-state index in [0.29, 0.717) is 24.6 Å². The number of nitrogens with zero attached hydrogens (tertiary/aromatic N) is 2. The van der Waals surface area contributed by atoms with Crippen LogP contribution in [-0.2, 0) is 23.2 Å². The molecule has 150 valence electrons. The highest BCUT2D eigenvalue weighted by atomic mass is 32.1. The van der Waals surface area contributed by atoms with E-state index < -0.39 is 0 Å². The number of aromatic nitrogens is 1. The molecule has 8 heteroatoms. The molecule has 1 saturated carbocycles. The summed E-state index contributed by atoms with van der Waals surface area (Å²) < 4.78 is 5.13. The molecule has 0 atom stereocenters. The summed E-state index contributed by atoms with van der Waals surface area (Å²) in [5.41, 5.74) is 0.623. The fraction of sp³-hybridized carbons (Fsp3) is 0.381. The van der Waals surface area contributed by atoms with Crippen LogP contribution >= 0.6 is 22.7 Å². The molecule has 0 bridgehead atoms. The molecule has 4 heterocycles. The fourth-order valence-electron chi connectivity index (χ4n) is 4.39. The molecule has 2 amide bonds. The van der Waals surface area contributed by atoms with E-state index in [0.717, 1.165) is 36.3 Å². The Bertz CT molecular complexity index is 1020. The minimum atomic E-state index is -0.354. The summed E-state index contributed by atoms with van der Waals surface area (Å²) in [5, 5.41) is 5.42. The van der Waals surface area contributed by atoms with Crippen molar-refractivity contribution in [1.82, 2.24) is 9.88 Å². The summed E-state index contributed by atoms with van der Waals surface area (Å²) in [6.45, 7) is 1.24. The summed E-state index contributed by atoms with van der Waals surface area (Å²) >= 11 is 3.14. The van der Waals surface area contributed by atoms with Crippen molar-refractivity contribution in [1.29, 1.82) is 0 Å². The highest BCUT2D eigenvalue weighted by molar-refractivity contribution is 7.15. The lowest BCUT2D eigenvalue weighted by atomic mass is 9.82. The SMILES string of the molecule is O=C(Nc1nc2c(s1)CN(C(=O)C1(c3cccs3)CCCC1)CC2)c1ccco1. The zero-order valence-corrected chi connectivity index (χ0v) is 17.5. The molecule has 6 nitrogen and oxygen atoms in total. The highest BCUT2D eigenvalue weighted by Crippen LogP contribution is 2.45. The number of furan rings is 1. The van der Waals surface area contributed by atoms with Gasteiger partial charge in [0.15, 0.2) is 10.9 Å². The van der Waals surface area contributed by atoms with Crippen molar-refractivity contribution in [2.75, 3.05) is 11.9 Å². The van der Waals surface area contributed by atoms with Crippen LogP contribution in [0, 0.1) is 0 Å². The van der Waals surface area contributed by atoms with Crippen LogP contribution in [0.2, 0.25) is 0 Å². The topological polar surface area (TPSA) is 75.4 Å². The monoisotopic (exact) mass is 427 g/mol. The van der Waals surface area contributed by atoms with Crippen molar-refractivity contribution >= 4 is 39.6 Å². The van der Waals surface area contributed by atoms with Gasteiger partial charge in [0.2, 0.25) is 5.91 Å². The average molecular weight is 428 g/mol. The molecule has 1 fully saturated rings. The Hall–Kier alpha value is -2.45. The Morgan fingerprint density at radius 3 is 2.79 bits per heavy atom. The minimum absolute atomic E-state index is 0.248. The minimum Gasteiger partial charge on any atom is -0.459 e. The summed E-state index contributed by atoms with van der Waals surface area (Å²) in [6.07, 6.45) is 6.26. The third-order valence-corrected chi connectivity index (χ3v) is 7.92. The zero-order chi connectivity index (χ0) is 19.8. The van der Waals surface area contributed by atoms with Crippen LogP contribution in [0.15, 0.2) is 40.3 Å². The Balaban J connectivity index is 1.34. The van der Waals surface area contributed by atoms with Crippen molar-refractivity contribution in [3.05, 3.63) is 57.1 Å². The molecular weight excluding hydrogens is 406 g/mol. The normalized spacial score (nSPS) is 17.9. The van der Waals surface area contributed by atoms with Crippen LogP contribution in [-0.4, -0.2) is 28.2 Å². The molecule has 1 N–H and O–H groups in total. The first-order valence-corrected chi connectivity index (χ1v) is 11.5. The van der Waals surface area contributed by atoms with E-state index in [1.807, 2.05) is 11.0 Å². The number of carbonyl (C=O) groups is 2. The maximum absolute atomic E-state index is 13.6. The van der Waals surface area contributed by atoms with E-state index in [1.165, 1.54) is 22.5 Å². The van der Waals surface area contributed by atoms with E-state index in [-0.39, 0.29) is 23.0 Å². The largest absolute Gasteiger partial charge is 0.459 e. The average Bonchev–Trinajstić information content (AvgIpc) is 3.53. The molecule has 29 heavy (non-hydrogen) atoms. The number of thiophene rings is 1. The van der Waals surface area contributed by atoms with Gasteiger partial charge in [0.1, 0.15) is 0 Å². The second kappa shape index (κ2) is 7.42. The molecule has 0 aromatic carbocycles. The third-order valence-electron chi connectivity index (χ3n) is 5.84. The van der Waals surface area contributed by atoms with Gasteiger partial charge in [-0.05, 0) is 36.4 Å². The molecule has 0 spiro atoms. The lowest BCUT2D eigenvalue weighted by molar-refractivity contribution is -0.138. The van der Waals surface area contributed by atoms with Crippen molar-refractivity contribution < 1.29 is 14.0 Å². The number of nitrogens with one attached hydrogen (secondary N) is 1. The molecule has 3 aromatic heterocycles. The molecule has 2 aliphatic rings. The predicted molar refractivity (Wildman–Crippen MR) is 112 cm³/mol. The lowest BCUT2D eigenvalue weighted by Gasteiger charge is -2.35. The Morgan fingerprint density at radius 2 is 2.07 bits per heavy atom. The molecule has 0 radical (unpaired) electrons. The summed E-state index contributed by atoms with van der Waals surface area (Å²) in [4.78, 5) is 34.6. The van der Waals surface area contributed by atoms with Crippen LogP contribution in [0.4, 0.5) is 5.13 Å². The Morgan fingerprint density at radius 1 is 1.21 bits per heavy atom. The Kier molecular flexibility index (Phi) is 4.75. The fourth-order valence-corrected chi connectivity index (χ4v) is 6.38. The van der Waals surface area contributed by atoms with Crippen LogP contribution in [0.3, 0.4) is 0 Å². The van der Waals surface area contributed by atoms with Gasteiger partial charge in [-0.1, -0.05) is 30.2 Å². The van der Waals surface area contributed by atoms with Gasteiger partial charge in [-0.25, -0.2) is 4.98 Å². The van der Waals surface area contributed by atoms with Crippen molar-refractivity contribution in [3.8, 4) is 0 Å². The Labute approximate surface area is 176 Å². The first-order chi connectivity index (χ1) is 14.2. The first kappa shape index (κ1) is 18.6. The second-order valence-corrected chi connectivity index (χ2v) is 9.59. The van der Waals surface area contributed by atoms with Crippen molar-refractivity contribution in [3.63, 3.8) is 0 Å². The van der Waals surface area contributed by atoms with Crippen LogP contribution in [0.25, 0.3) is 0 Å². The number of rotatable bonds is 4. The van der Waals surface area contributed by atoms with E-state index in [9.17, 15) is 9.59 Å². The molecular formula is C21H21N3O3S2. The smallest absolute Gasteiger partial charge is 0.293 e. The second-order valence-electron chi connectivity index (χ2n) is 7.56. The van der Waals surface area contributed by atoms with E-state index in [1.54, 1.807) is 23.5 Å². The maximum atomic E-state index is 13.6. The van der Waals surface area contributed by atoms with Crippen LogP contribution < -0.4 is 5.32 Å². The standard InChI is InChI=1S/C21H21N3O3S2/c25-18(15-5-3-11-27-15)23-20-22-14-7-10-24(13-16(14)29-20)19(26)21(8-1-2-9-21)17-6-4-12-28-17/h3-6,11-12H,1-2,7-10,13H2,(H,22,23,25). The highest BCUT2D eigenvalue weighted by Gasteiger charge is 2.46. The molecule has 0 saturated heterocycles. The maximum Gasteiger partial charge on any atom is 0.293 e. The number of amides is 2. The molecule has 0 unspecified atom stereocenters. The van der Waals surface area contributed by atoms with E-state index in [4.69, 9.17) is 4.42 Å². The van der Waals surface area contributed by atoms with Crippen molar-refractivity contribution in [2.45, 2.75) is 44.1 Å². The number of thiazole rings is 1. The molecule has 1 aliphatic heterocycles. The van der Waals surface area contributed by atoms with Gasteiger partial charge in [0, 0.05) is 22.7 Å². The summed E-state index contributed by atoms with van der Waals surface area (Å²) in [6, 6.07) is 7.45. The molecule has 1 aliphatic carbocycles. The van der Waals surface area contributed by atoms with Gasteiger partial charge in [0.05, 0.1) is 23.9 Å². The first-order valence-electron chi connectivity index (χ1n) is 9.82. The van der Waals surface area contributed by atoms with E-state index >= 15 is 0 Å². The third kappa shape index (κ3) is 3.30. The number of hydrogen-bond donors (Lipinski definition) is 1.